The second-order valence-electron chi connectivity index (χ2n) is 6.53. The molecule has 1 heterocycles. The van der Waals surface area contributed by atoms with Crippen LogP contribution in [0.15, 0.2) is 18.2 Å². The van der Waals surface area contributed by atoms with Crippen molar-refractivity contribution in [3.63, 3.8) is 0 Å². The molecule has 21 heavy (non-hydrogen) atoms. The standard InChI is InChI=1S/C17H24N2OS/c1-11(2)20-15-6-4-5-14-16(15)18-17(21)19(14)13-9-7-12(3)8-10-13/h4-6,11-13H,7-10H2,1-3H3,(H,18,21). The fraction of sp³-hybridized carbons (Fsp3) is 0.588. The van der Waals surface area contributed by atoms with Crippen LogP contribution in [0.2, 0.25) is 0 Å². The lowest BCUT2D eigenvalue weighted by Crippen LogP contribution is -2.16. The van der Waals surface area contributed by atoms with E-state index in [0.29, 0.717) is 6.04 Å². The molecule has 1 aromatic heterocycles. The SMILES string of the molecule is CC1CCC(n2c(=S)[nH]c3c(OC(C)C)cccc32)CC1. The van der Waals surface area contributed by atoms with Crippen molar-refractivity contribution in [2.75, 3.05) is 0 Å². The van der Waals surface area contributed by atoms with Crippen LogP contribution in [0, 0.1) is 10.7 Å². The van der Waals surface area contributed by atoms with Crippen molar-refractivity contribution >= 4 is 23.3 Å². The third-order valence-electron chi connectivity index (χ3n) is 4.43. The molecular formula is C17H24N2OS. The van der Waals surface area contributed by atoms with Crippen LogP contribution in [0.5, 0.6) is 5.75 Å². The van der Waals surface area contributed by atoms with Crippen molar-refractivity contribution in [2.24, 2.45) is 5.92 Å². The number of hydrogen-bond donors (Lipinski definition) is 1. The van der Waals surface area contributed by atoms with Crippen molar-refractivity contribution in [1.29, 1.82) is 0 Å². The van der Waals surface area contributed by atoms with Gasteiger partial charge in [-0.1, -0.05) is 13.0 Å². The molecule has 1 aliphatic rings. The Morgan fingerprint density at radius 2 is 1.95 bits per heavy atom. The molecule has 1 aromatic carbocycles. The number of nitrogens with one attached hydrogen (secondary N) is 1. The summed E-state index contributed by atoms with van der Waals surface area (Å²) in [5.41, 5.74) is 2.22. The summed E-state index contributed by atoms with van der Waals surface area (Å²) in [6.45, 7) is 6.44. The molecular weight excluding hydrogens is 280 g/mol. The second-order valence-corrected chi connectivity index (χ2v) is 6.92. The molecule has 4 heteroatoms. The molecule has 1 aliphatic carbocycles. The Labute approximate surface area is 131 Å². The summed E-state index contributed by atoms with van der Waals surface area (Å²) in [4.78, 5) is 3.36. The molecule has 3 nitrogen and oxygen atoms in total. The zero-order valence-electron chi connectivity index (χ0n) is 13.1. The topological polar surface area (TPSA) is 29.9 Å². The molecule has 3 rings (SSSR count). The number of ether oxygens (including phenoxy) is 1. The summed E-state index contributed by atoms with van der Waals surface area (Å²) in [5.74, 6) is 1.75. The molecule has 1 saturated carbocycles. The first kappa shape index (κ1) is 14.6. The molecule has 0 unspecified atom stereocenters. The van der Waals surface area contributed by atoms with E-state index in [1.165, 1.54) is 31.2 Å². The Kier molecular flexibility index (Phi) is 4.07. The summed E-state index contributed by atoms with van der Waals surface area (Å²) in [7, 11) is 0. The van der Waals surface area contributed by atoms with Crippen LogP contribution in [-0.4, -0.2) is 15.7 Å². The minimum atomic E-state index is 0.163. The van der Waals surface area contributed by atoms with Crippen molar-refractivity contribution in [2.45, 2.75) is 58.6 Å². The maximum absolute atomic E-state index is 5.91. The van der Waals surface area contributed by atoms with E-state index in [9.17, 15) is 0 Å². The van der Waals surface area contributed by atoms with Gasteiger partial charge in [0.1, 0.15) is 11.3 Å². The van der Waals surface area contributed by atoms with E-state index in [2.05, 4.69) is 28.6 Å². The van der Waals surface area contributed by atoms with Gasteiger partial charge in [-0.3, -0.25) is 0 Å². The van der Waals surface area contributed by atoms with Crippen LogP contribution < -0.4 is 4.74 Å². The van der Waals surface area contributed by atoms with Gasteiger partial charge in [0.15, 0.2) is 4.77 Å². The Balaban J connectivity index is 2.03. The Hall–Kier alpha value is -1.29. The van der Waals surface area contributed by atoms with Crippen molar-refractivity contribution < 1.29 is 4.74 Å². The molecule has 0 atom stereocenters. The monoisotopic (exact) mass is 304 g/mol. The zero-order valence-corrected chi connectivity index (χ0v) is 13.9. The summed E-state index contributed by atoms with van der Waals surface area (Å²) in [5, 5.41) is 0. The number of fused-ring (bicyclic) bond motifs is 1. The summed E-state index contributed by atoms with van der Waals surface area (Å²) >= 11 is 5.59. The van der Waals surface area contributed by atoms with Gasteiger partial charge in [-0.15, -0.1) is 0 Å². The number of aromatic nitrogens is 2. The first-order chi connectivity index (χ1) is 10.1. The second kappa shape index (κ2) is 5.84. The van der Waals surface area contributed by atoms with Crippen LogP contribution in [0.3, 0.4) is 0 Å². The lowest BCUT2D eigenvalue weighted by Gasteiger charge is -2.27. The first-order valence-corrected chi connectivity index (χ1v) is 8.37. The van der Waals surface area contributed by atoms with Gasteiger partial charge < -0.3 is 14.3 Å². The van der Waals surface area contributed by atoms with Crippen LogP contribution in [0.4, 0.5) is 0 Å². The van der Waals surface area contributed by atoms with E-state index in [-0.39, 0.29) is 6.10 Å². The number of rotatable bonds is 3. The predicted octanol–water partition coefficient (Wildman–Crippen LogP) is 5.24. The molecule has 114 valence electrons. The molecule has 0 spiro atoms. The number of hydrogen-bond acceptors (Lipinski definition) is 2. The van der Waals surface area contributed by atoms with Crippen LogP contribution in [0.1, 0.15) is 52.5 Å². The molecule has 0 saturated heterocycles. The predicted molar refractivity (Wildman–Crippen MR) is 89.6 cm³/mol. The minimum Gasteiger partial charge on any atom is -0.489 e. The number of aromatic amines is 1. The van der Waals surface area contributed by atoms with Crippen LogP contribution in [0.25, 0.3) is 11.0 Å². The Morgan fingerprint density at radius 3 is 2.62 bits per heavy atom. The third-order valence-corrected chi connectivity index (χ3v) is 4.73. The van der Waals surface area contributed by atoms with Gasteiger partial charge in [-0.05, 0) is 69.8 Å². The van der Waals surface area contributed by atoms with Gasteiger partial charge in [-0.25, -0.2) is 0 Å². The van der Waals surface area contributed by atoms with E-state index >= 15 is 0 Å². The van der Waals surface area contributed by atoms with E-state index in [1.807, 2.05) is 19.9 Å². The zero-order chi connectivity index (χ0) is 15.0. The average molecular weight is 304 g/mol. The van der Waals surface area contributed by atoms with Gasteiger partial charge in [0.25, 0.3) is 0 Å². The highest BCUT2D eigenvalue weighted by atomic mass is 32.1. The molecule has 1 fully saturated rings. The largest absolute Gasteiger partial charge is 0.489 e. The number of para-hydroxylation sites is 1. The van der Waals surface area contributed by atoms with Crippen molar-refractivity contribution in [1.82, 2.24) is 9.55 Å². The van der Waals surface area contributed by atoms with E-state index < -0.39 is 0 Å². The molecule has 2 aromatic rings. The highest BCUT2D eigenvalue weighted by Crippen LogP contribution is 2.36. The molecule has 1 N–H and O–H groups in total. The normalized spacial score (nSPS) is 22.9. The summed E-state index contributed by atoms with van der Waals surface area (Å²) in [6, 6.07) is 6.75. The number of benzene rings is 1. The lowest BCUT2D eigenvalue weighted by molar-refractivity contribution is 0.245. The van der Waals surface area contributed by atoms with Gasteiger partial charge in [0.05, 0.1) is 11.6 Å². The quantitative estimate of drug-likeness (QED) is 0.786. The maximum Gasteiger partial charge on any atom is 0.178 e. The van der Waals surface area contributed by atoms with E-state index in [0.717, 1.165) is 22.0 Å². The number of nitrogens with zero attached hydrogens (tertiary/aromatic N) is 1. The molecule has 0 radical (unpaired) electrons. The molecule has 0 aliphatic heterocycles. The first-order valence-electron chi connectivity index (χ1n) is 7.96. The highest BCUT2D eigenvalue weighted by molar-refractivity contribution is 7.71. The third kappa shape index (κ3) is 2.86. The van der Waals surface area contributed by atoms with Crippen molar-refractivity contribution in [3.05, 3.63) is 23.0 Å². The van der Waals surface area contributed by atoms with Crippen LogP contribution in [-0.2, 0) is 0 Å². The fourth-order valence-electron chi connectivity index (χ4n) is 3.34. The lowest BCUT2D eigenvalue weighted by atomic mass is 9.87. The van der Waals surface area contributed by atoms with Gasteiger partial charge in [0, 0.05) is 6.04 Å². The van der Waals surface area contributed by atoms with Gasteiger partial charge >= 0.3 is 0 Å². The Bertz CT molecular complexity index is 678. The molecule has 0 bridgehead atoms. The maximum atomic E-state index is 5.91. The van der Waals surface area contributed by atoms with Gasteiger partial charge in [0.2, 0.25) is 0 Å². The van der Waals surface area contributed by atoms with E-state index in [4.69, 9.17) is 17.0 Å². The minimum absolute atomic E-state index is 0.163. The highest BCUT2D eigenvalue weighted by Gasteiger charge is 2.22. The number of H-pyrrole nitrogens is 1. The smallest absolute Gasteiger partial charge is 0.178 e. The summed E-state index contributed by atoms with van der Waals surface area (Å²) < 4.78 is 9.04. The average Bonchev–Trinajstić information content (AvgIpc) is 2.77. The van der Waals surface area contributed by atoms with Crippen molar-refractivity contribution in [3.8, 4) is 5.75 Å². The van der Waals surface area contributed by atoms with Gasteiger partial charge in [-0.2, -0.15) is 0 Å². The fourth-order valence-corrected chi connectivity index (χ4v) is 3.69. The summed E-state index contributed by atoms with van der Waals surface area (Å²) in [6.07, 6.45) is 5.19. The molecule has 0 amide bonds. The van der Waals surface area contributed by atoms with E-state index in [1.54, 1.807) is 0 Å². The van der Waals surface area contributed by atoms with Crippen LogP contribution >= 0.6 is 12.2 Å². The number of imidazole rings is 1. The Morgan fingerprint density at radius 1 is 1.24 bits per heavy atom.